The van der Waals surface area contributed by atoms with Crippen molar-refractivity contribution in [1.82, 2.24) is 4.98 Å². The molecule has 0 radical (unpaired) electrons. The fraction of sp³-hybridized carbons (Fsp3) is 0.400. The Morgan fingerprint density at radius 3 is 3.05 bits per heavy atom. The van der Waals surface area contributed by atoms with Crippen molar-refractivity contribution in [3.8, 4) is 6.07 Å². The molecule has 5 heteroatoms. The van der Waals surface area contributed by atoms with Crippen molar-refractivity contribution in [3.05, 3.63) is 30.2 Å². The van der Waals surface area contributed by atoms with Gasteiger partial charge in [-0.2, -0.15) is 5.26 Å². The van der Waals surface area contributed by atoms with Crippen LogP contribution in [0.15, 0.2) is 28.7 Å². The number of aromatic nitrogens is 1. The maximum Gasteiger partial charge on any atom is 0.220 e. The molecule has 2 aromatic rings. The Hall–Kier alpha value is -2.19. The highest BCUT2D eigenvalue weighted by molar-refractivity contribution is 5.88. The van der Waals surface area contributed by atoms with Gasteiger partial charge in [-0.3, -0.25) is 4.79 Å². The molecule has 0 saturated carbocycles. The first-order valence-electron chi connectivity index (χ1n) is 6.67. The average Bonchev–Trinajstić information content (AvgIpc) is 3.08. The predicted molar refractivity (Wildman–Crippen MR) is 71.0 cm³/mol. The molecule has 0 N–H and O–H groups in total. The number of rotatable bonds is 4. The lowest BCUT2D eigenvalue weighted by Crippen LogP contribution is -2.18. The number of ketones is 1. The summed E-state index contributed by atoms with van der Waals surface area (Å²) in [5.41, 5.74) is 1.25. The van der Waals surface area contributed by atoms with E-state index in [1.165, 1.54) is 0 Å². The quantitative estimate of drug-likeness (QED) is 0.853. The Balaban J connectivity index is 1.81. The second kappa shape index (κ2) is 5.43. The van der Waals surface area contributed by atoms with E-state index in [1.54, 1.807) is 12.1 Å². The third-order valence-electron chi connectivity index (χ3n) is 3.46. The minimum Gasteiger partial charge on any atom is -0.439 e. The van der Waals surface area contributed by atoms with E-state index in [0.717, 1.165) is 12.8 Å². The van der Waals surface area contributed by atoms with Gasteiger partial charge in [0.05, 0.1) is 12.2 Å². The first-order valence-corrected chi connectivity index (χ1v) is 6.67. The van der Waals surface area contributed by atoms with Crippen molar-refractivity contribution in [3.63, 3.8) is 0 Å². The van der Waals surface area contributed by atoms with Crippen LogP contribution < -0.4 is 0 Å². The van der Waals surface area contributed by atoms with E-state index in [1.807, 2.05) is 18.2 Å². The van der Waals surface area contributed by atoms with Gasteiger partial charge >= 0.3 is 0 Å². The van der Waals surface area contributed by atoms with Gasteiger partial charge in [-0.15, -0.1) is 0 Å². The van der Waals surface area contributed by atoms with Crippen molar-refractivity contribution < 1.29 is 13.9 Å². The molecule has 2 atom stereocenters. The molecule has 1 aromatic carbocycles. The minimum absolute atomic E-state index is 0.0669. The van der Waals surface area contributed by atoms with Crippen LogP contribution in [0.25, 0.3) is 11.1 Å². The number of Topliss-reactive ketones (excluding diaryl/α,β-unsaturated/α-hetero) is 1. The lowest BCUT2D eigenvalue weighted by atomic mass is 9.99. The van der Waals surface area contributed by atoms with Gasteiger partial charge in [-0.1, -0.05) is 12.1 Å². The maximum absolute atomic E-state index is 12.2. The topological polar surface area (TPSA) is 76.1 Å². The number of nitrogens with zero attached hydrogens (tertiary/aromatic N) is 2. The molecule has 1 aliphatic rings. The molecule has 5 nitrogen and oxygen atoms in total. The normalized spacial score (nSPS) is 19.9. The van der Waals surface area contributed by atoms with E-state index in [-0.39, 0.29) is 24.2 Å². The summed E-state index contributed by atoms with van der Waals surface area (Å²) in [5.74, 6) is -0.964. The molecule has 20 heavy (non-hydrogen) atoms. The summed E-state index contributed by atoms with van der Waals surface area (Å²) in [6, 6.07) is 9.22. The lowest BCUT2D eigenvalue weighted by Gasteiger charge is -2.09. The second-order valence-corrected chi connectivity index (χ2v) is 4.89. The monoisotopic (exact) mass is 270 g/mol. The Morgan fingerprint density at radius 2 is 2.35 bits per heavy atom. The smallest absolute Gasteiger partial charge is 0.220 e. The Kier molecular flexibility index (Phi) is 3.48. The van der Waals surface area contributed by atoms with Crippen molar-refractivity contribution >= 4 is 16.9 Å². The molecule has 2 heterocycles. The molecule has 102 valence electrons. The van der Waals surface area contributed by atoms with Gasteiger partial charge in [0.15, 0.2) is 17.3 Å². The first-order chi connectivity index (χ1) is 9.78. The molecule has 0 aliphatic carbocycles. The molecule has 1 aliphatic heterocycles. The summed E-state index contributed by atoms with van der Waals surface area (Å²) in [6.45, 7) is 0.693. The van der Waals surface area contributed by atoms with Gasteiger partial charge in [0, 0.05) is 13.0 Å². The van der Waals surface area contributed by atoms with Crippen LogP contribution in [0.1, 0.15) is 31.1 Å². The van der Waals surface area contributed by atoms with Gasteiger partial charge in [0.1, 0.15) is 5.52 Å². The van der Waals surface area contributed by atoms with E-state index < -0.39 is 5.92 Å². The molecule has 0 spiro atoms. The molecular formula is C15H14N2O3. The number of oxazole rings is 1. The summed E-state index contributed by atoms with van der Waals surface area (Å²) < 4.78 is 10.9. The second-order valence-electron chi connectivity index (χ2n) is 4.89. The molecular weight excluding hydrogens is 256 g/mol. The van der Waals surface area contributed by atoms with E-state index in [4.69, 9.17) is 9.15 Å². The summed E-state index contributed by atoms with van der Waals surface area (Å²) in [4.78, 5) is 16.4. The van der Waals surface area contributed by atoms with Crippen LogP contribution in [-0.4, -0.2) is 23.5 Å². The van der Waals surface area contributed by atoms with Gasteiger partial charge in [0.25, 0.3) is 0 Å². The number of para-hydroxylation sites is 2. The molecule has 1 saturated heterocycles. The molecule has 2 unspecified atom stereocenters. The fourth-order valence-electron chi connectivity index (χ4n) is 2.43. The van der Waals surface area contributed by atoms with Gasteiger partial charge < -0.3 is 9.15 Å². The predicted octanol–water partition coefficient (Wildman–Crippen LogP) is 2.57. The Bertz CT molecular complexity index is 632. The number of fused-ring (bicyclic) bond motifs is 1. The van der Waals surface area contributed by atoms with Crippen LogP contribution in [0.3, 0.4) is 0 Å². The average molecular weight is 270 g/mol. The van der Waals surface area contributed by atoms with Crippen LogP contribution in [0, 0.1) is 11.3 Å². The number of carbonyl (C=O) groups is 1. The van der Waals surface area contributed by atoms with Crippen LogP contribution in [-0.2, 0) is 9.53 Å². The van der Waals surface area contributed by atoms with E-state index in [2.05, 4.69) is 4.98 Å². The van der Waals surface area contributed by atoms with Crippen LogP contribution in [0.4, 0.5) is 0 Å². The summed E-state index contributed by atoms with van der Waals surface area (Å²) in [5, 5.41) is 9.24. The number of benzene rings is 1. The highest BCUT2D eigenvalue weighted by Crippen LogP contribution is 2.25. The van der Waals surface area contributed by atoms with Crippen molar-refractivity contribution in [2.45, 2.75) is 31.3 Å². The summed E-state index contributed by atoms with van der Waals surface area (Å²) in [6.07, 6.45) is 2.02. The highest BCUT2D eigenvalue weighted by Gasteiger charge is 2.29. The number of hydrogen-bond acceptors (Lipinski definition) is 5. The molecule has 3 rings (SSSR count). The lowest BCUT2D eigenvalue weighted by molar-refractivity contribution is -0.121. The number of ether oxygens (including phenoxy) is 1. The summed E-state index contributed by atoms with van der Waals surface area (Å²) >= 11 is 0. The Morgan fingerprint density at radius 1 is 1.50 bits per heavy atom. The van der Waals surface area contributed by atoms with Crippen LogP contribution >= 0.6 is 0 Å². The van der Waals surface area contributed by atoms with Gasteiger partial charge in [-0.05, 0) is 25.0 Å². The molecule has 0 bridgehead atoms. The largest absolute Gasteiger partial charge is 0.439 e. The maximum atomic E-state index is 12.2. The van der Waals surface area contributed by atoms with Gasteiger partial charge in [-0.25, -0.2) is 4.98 Å². The minimum atomic E-state index is -0.952. The third-order valence-corrected chi connectivity index (χ3v) is 3.46. The van der Waals surface area contributed by atoms with E-state index in [9.17, 15) is 10.1 Å². The number of hydrogen-bond donors (Lipinski definition) is 0. The zero-order valence-corrected chi connectivity index (χ0v) is 10.9. The molecule has 0 amide bonds. The van der Waals surface area contributed by atoms with Crippen molar-refractivity contribution in [2.24, 2.45) is 0 Å². The van der Waals surface area contributed by atoms with Crippen molar-refractivity contribution in [1.29, 1.82) is 5.26 Å². The van der Waals surface area contributed by atoms with E-state index >= 15 is 0 Å². The highest BCUT2D eigenvalue weighted by atomic mass is 16.5. The molecule has 1 aromatic heterocycles. The van der Waals surface area contributed by atoms with Gasteiger partial charge in [0.2, 0.25) is 5.89 Å². The van der Waals surface area contributed by atoms with E-state index in [0.29, 0.717) is 17.7 Å². The third kappa shape index (κ3) is 2.43. The molecule has 1 fully saturated rings. The zero-order valence-electron chi connectivity index (χ0n) is 10.9. The van der Waals surface area contributed by atoms with Crippen LogP contribution in [0.2, 0.25) is 0 Å². The fourth-order valence-corrected chi connectivity index (χ4v) is 2.43. The SMILES string of the molecule is N#CC(C(=O)CC1CCCO1)c1nc2ccccc2o1. The summed E-state index contributed by atoms with van der Waals surface area (Å²) in [7, 11) is 0. The number of nitriles is 1. The first kappa shape index (κ1) is 12.8. The van der Waals surface area contributed by atoms with Crippen molar-refractivity contribution in [2.75, 3.05) is 6.61 Å². The standard InChI is InChI=1S/C15H14N2O3/c16-9-11(13(18)8-10-4-3-7-19-10)15-17-12-5-1-2-6-14(12)20-15/h1-2,5-6,10-11H,3-4,7-8H2. The zero-order chi connectivity index (χ0) is 13.9. The number of carbonyl (C=O) groups excluding carboxylic acids is 1. The van der Waals surface area contributed by atoms with Crippen LogP contribution in [0.5, 0.6) is 0 Å². The Labute approximate surface area is 116 Å².